The second-order valence-electron chi connectivity index (χ2n) is 7.28. The number of nitrogens with two attached hydrogens (primary N) is 1. The Morgan fingerprint density at radius 3 is 2.94 bits per heavy atom. The molecule has 34 heavy (non-hydrogen) atoms. The van der Waals surface area contributed by atoms with E-state index < -0.39 is 25.1 Å². The van der Waals surface area contributed by atoms with Crippen molar-refractivity contribution in [1.29, 1.82) is 0 Å². The van der Waals surface area contributed by atoms with Crippen LogP contribution in [0.2, 0.25) is 5.02 Å². The van der Waals surface area contributed by atoms with E-state index in [2.05, 4.69) is 20.0 Å². The van der Waals surface area contributed by atoms with Gasteiger partial charge < -0.3 is 24.3 Å². The Balaban J connectivity index is 1.65. The van der Waals surface area contributed by atoms with E-state index >= 15 is 0 Å². The number of hydrogen-bond acceptors (Lipinski definition) is 9. The lowest BCUT2D eigenvalue weighted by Crippen LogP contribution is -2.34. The molecule has 4 N–H and O–H groups in total. The number of carbonyl (C=O) groups is 1. The average molecular weight is 513 g/mol. The van der Waals surface area contributed by atoms with E-state index in [9.17, 15) is 14.2 Å². The smallest absolute Gasteiger partial charge is 0.323 e. The fraction of sp³-hybridized carbons (Fsp3) is 0.400. The van der Waals surface area contributed by atoms with Crippen LogP contribution in [0.1, 0.15) is 19.4 Å². The highest BCUT2D eigenvalue weighted by atomic mass is 35.5. The van der Waals surface area contributed by atoms with Gasteiger partial charge in [0, 0.05) is 11.6 Å². The first-order valence-electron chi connectivity index (χ1n) is 10.4. The summed E-state index contributed by atoms with van der Waals surface area (Å²) in [6.45, 7) is 3.74. The number of aromatic amines is 1. The number of rotatable bonds is 12. The molecule has 2 atom stereocenters. The van der Waals surface area contributed by atoms with E-state index in [1.165, 1.54) is 13.3 Å². The third-order valence-corrected chi connectivity index (χ3v) is 6.67. The zero-order valence-corrected chi connectivity index (χ0v) is 20.3. The zero-order valence-electron chi connectivity index (χ0n) is 18.7. The number of carbonyl (C=O) groups excluding carboxylic acids is 1. The van der Waals surface area contributed by atoms with Gasteiger partial charge in [-0.05, 0) is 31.5 Å². The molecule has 0 amide bonds. The maximum absolute atomic E-state index is 13.5. The van der Waals surface area contributed by atoms with Crippen molar-refractivity contribution in [2.24, 2.45) is 0 Å². The van der Waals surface area contributed by atoms with E-state index in [-0.39, 0.29) is 44.2 Å². The van der Waals surface area contributed by atoms with Crippen LogP contribution in [0, 0.1) is 0 Å². The van der Waals surface area contributed by atoms with E-state index in [1.807, 2.05) is 0 Å². The van der Waals surface area contributed by atoms with Crippen molar-refractivity contribution < 1.29 is 23.4 Å². The number of fused-ring (bicyclic) bond motifs is 1. The maximum Gasteiger partial charge on any atom is 0.323 e. The van der Waals surface area contributed by atoms with Crippen molar-refractivity contribution in [3.05, 3.63) is 51.5 Å². The summed E-state index contributed by atoms with van der Waals surface area (Å²) < 4.78 is 31.3. The summed E-state index contributed by atoms with van der Waals surface area (Å²) in [4.78, 5) is 34.4. The van der Waals surface area contributed by atoms with Crippen molar-refractivity contribution in [1.82, 2.24) is 24.6 Å². The molecule has 0 fully saturated rings. The molecule has 0 aliphatic heterocycles. The van der Waals surface area contributed by atoms with Gasteiger partial charge in [-0.1, -0.05) is 23.7 Å². The first-order chi connectivity index (χ1) is 16.2. The summed E-state index contributed by atoms with van der Waals surface area (Å²) in [5.41, 5.74) is 6.31. The first kappa shape index (κ1) is 25.9. The van der Waals surface area contributed by atoms with Crippen LogP contribution in [-0.4, -0.2) is 51.1 Å². The molecule has 0 saturated carbocycles. The fourth-order valence-electron chi connectivity index (χ4n) is 3.01. The molecule has 1 unspecified atom stereocenters. The van der Waals surface area contributed by atoms with Crippen molar-refractivity contribution >= 4 is 42.2 Å². The topological polar surface area (TPSA) is 163 Å². The summed E-state index contributed by atoms with van der Waals surface area (Å²) in [7, 11) is -3.64. The number of nitrogens with zero attached hydrogens (tertiary/aromatic N) is 3. The Bertz CT molecular complexity index is 1250. The van der Waals surface area contributed by atoms with E-state index in [1.54, 1.807) is 35.8 Å². The summed E-state index contributed by atoms with van der Waals surface area (Å²) in [5.74, 6) is -0.593. The highest BCUT2D eigenvalue weighted by Crippen LogP contribution is 2.44. The van der Waals surface area contributed by atoms with E-state index in [0.29, 0.717) is 16.2 Å². The first-order valence-corrected chi connectivity index (χ1v) is 12.6. The van der Waals surface area contributed by atoms with Crippen LogP contribution >= 0.6 is 19.1 Å². The molecule has 0 aliphatic rings. The summed E-state index contributed by atoms with van der Waals surface area (Å²) in [6, 6.07) is 6.04. The zero-order chi connectivity index (χ0) is 24.7. The molecular formula is C20H26ClN6O6P. The standard InChI is InChI=1S/C20H26ClN6O6P/c1-3-32-19(29)13(2)26-34(30,33-10-14-5-4-6-15(21)9-14)12-31-8-7-27-11-23-16-17(27)24-20(22)25-18(16)28/h4-6,9,11,13H,3,7-8,10,12H2,1-2H3,(H,26,30)(H3,22,24,25,28)/t13-,34?/m1/s1. The third kappa shape index (κ3) is 6.87. The molecule has 0 aliphatic carbocycles. The van der Waals surface area contributed by atoms with Crippen LogP contribution in [0.3, 0.4) is 0 Å². The maximum atomic E-state index is 13.5. The number of nitrogens with one attached hydrogen (secondary N) is 2. The van der Waals surface area contributed by atoms with Gasteiger partial charge in [0.05, 0.1) is 26.1 Å². The predicted molar refractivity (Wildman–Crippen MR) is 126 cm³/mol. The number of hydrogen-bond donors (Lipinski definition) is 3. The predicted octanol–water partition coefficient (Wildman–Crippen LogP) is 2.28. The lowest BCUT2D eigenvalue weighted by Gasteiger charge is -2.23. The molecule has 0 bridgehead atoms. The molecule has 184 valence electrons. The summed E-state index contributed by atoms with van der Waals surface area (Å²) >= 11 is 6.00. The average Bonchev–Trinajstić information content (AvgIpc) is 3.19. The highest BCUT2D eigenvalue weighted by molar-refractivity contribution is 7.56. The molecule has 12 nitrogen and oxygen atoms in total. The molecule has 14 heteroatoms. The minimum absolute atomic E-state index is 0.0120. The summed E-state index contributed by atoms with van der Waals surface area (Å²) in [6.07, 6.45) is 1.12. The van der Waals surface area contributed by atoms with Gasteiger partial charge in [-0.2, -0.15) is 4.98 Å². The van der Waals surface area contributed by atoms with Crippen molar-refractivity contribution in [2.75, 3.05) is 25.3 Å². The Hall–Kier alpha value is -2.76. The minimum Gasteiger partial charge on any atom is -0.465 e. The Morgan fingerprint density at radius 2 is 2.21 bits per heavy atom. The molecule has 2 aromatic heterocycles. The largest absolute Gasteiger partial charge is 0.465 e. The van der Waals surface area contributed by atoms with Gasteiger partial charge in [-0.15, -0.1) is 0 Å². The number of nitrogen functional groups attached to an aromatic ring is 1. The van der Waals surface area contributed by atoms with Gasteiger partial charge in [-0.25, -0.2) is 10.1 Å². The van der Waals surface area contributed by atoms with Crippen molar-refractivity contribution in [3.63, 3.8) is 0 Å². The van der Waals surface area contributed by atoms with Gasteiger partial charge in [0.2, 0.25) is 5.95 Å². The quantitative estimate of drug-likeness (QED) is 0.186. The van der Waals surface area contributed by atoms with Gasteiger partial charge in [-0.3, -0.25) is 19.1 Å². The van der Waals surface area contributed by atoms with E-state index in [4.69, 9.17) is 31.3 Å². The number of imidazole rings is 1. The van der Waals surface area contributed by atoms with Crippen LogP contribution in [0.5, 0.6) is 0 Å². The Kier molecular flexibility index (Phi) is 8.81. The number of H-pyrrole nitrogens is 1. The Labute approximate surface area is 200 Å². The van der Waals surface area contributed by atoms with Gasteiger partial charge in [0.15, 0.2) is 11.2 Å². The molecule has 3 aromatic rings. The van der Waals surface area contributed by atoms with Crippen molar-refractivity contribution in [2.45, 2.75) is 33.0 Å². The van der Waals surface area contributed by atoms with Crippen LogP contribution in [0.25, 0.3) is 11.2 Å². The lowest BCUT2D eigenvalue weighted by atomic mass is 10.2. The van der Waals surface area contributed by atoms with Gasteiger partial charge in [0.25, 0.3) is 13.1 Å². The number of ether oxygens (including phenoxy) is 2. The van der Waals surface area contributed by atoms with E-state index in [0.717, 1.165) is 0 Å². The summed E-state index contributed by atoms with van der Waals surface area (Å²) in [5, 5.41) is 3.22. The van der Waals surface area contributed by atoms with Crippen LogP contribution in [-0.2, 0) is 36.5 Å². The molecule has 3 rings (SSSR count). The molecule has 0 radical (unpaired) electrons. The number of esters is 1. The SMILES string of the molecule is CCOC(=O)[C@@H](C)NP(=O)(COCCn1cnc2c(=O)[nH]c(N)nc21)OCc1cccc(Cl)c1. The number of halogens is 1. The molecule has 1 aromatic carbocycles. The van der Waals surface area contributed by atoms with Crippen LogP contribution < -0.4 is 16.4 Å². The number of benzene rings is 1. The van der Waals surface area contributed by atoms with Crippen LogP contribution in [0.4, 0.5) is 5.95 Å². The van der Waals surface area contributed by atoms with Gasteiger partial charge in [0.1, 0.15) is 12.4 Å². The molecule has 0 saturated heterocycles. The molecular weight excluding hydrogens is 487 g/mol. The lowest BCUT2D eigenvalue weighted by molar-refractivity contribution is -0.144. The van der Waals surface area contributed by atoms with Gasteiger partial charge >= 0.3 is 5.97 Å². The van der Waals surface area contributed by atoms with Crippen molar-refractivity contribution in [3.8, 4) is 0 Å². The molecule has 2 heterocycles. The fourth-order valence-corrected chi connectivity index (χ4v) is 4.87. The van der Waals surface area contributed by atoms with Crippen LogP contribution in [0.15, 0.2) is 35.4 Å². The number of aromatic nitrogens is 4. The minimum atomic E-state index is -3.64. The highest BCUT2D eigenvalue weighted by Gasteiger charge is 2.29. The normalized spacial score (nSPS) is 14.1. The second-order valence-corrected chi connectivity index (χ2v) is 9.84. The second kappa shape index (κ2) is 11.6. The molecule has 0 spiro atoms. The monoisotopic (exact) mass is 512 g/mol. The number of anilines is 1. The third-order valence-electron chi connectivity index (χ3n) is 4.59. The Morgan fingerprint density at radius 1 is 1.41 bits per heavy atom.